The van der Waals surface area contributed by atoms with Crippen LogP contribution in [0.5, 0.6) is 0 Å². The molecule has 4 nitrogen and oxygen atoms in total. The van der Waals surface area contributed by atoms with Gasteiger partial charge in [0.15, 0.2) is 0 Å². The number of hydrogen-bond acceptors (Lipinski definition) is 4. The van der Waals surface area contributed by atoms with Crippen molar-refractivity contribution in [2.75, 3.05) is 30.4 Å². The molecule has 1 rings (SSSR count). The molecule has 0 bridgehead atoms. The molecule has 0 amide bonds. The van der Waals surface area contributed by atoms with E-state index in [4.69, 9.17) is 0 Å². The Labute approximate surface area is 100 Å². The Bertz CT molecular complexity index is 357. The lowest BCUT2D eigenvalue weighted by atomic mass is 10.4. The van der Waals surface area contributed by atoms with Crippen LogP contribution in [-0.2, 0) is 0 Å². The fraction of sp³-hybridized carbons (Fsp3) is 0.636. The Balaban J connectivity index is 2.80. The maximum atomic E-state index is 12.3. The topological polar surface area (TPSA) is 41.1 Å². The molecule has 1 heterocycles. The molecule has 0 saturated carbocycles. The van der Waals surface area contributed by atoms with Gasteiger partial charge in [-0.1, -0.05) is 6.92 Å². The minimum atomic E-state index is -2.37. The van der Waals surface area contributed by atoms with Gasteiger partial charge in [-0.15, -0.1) is 0 Å². The van der Waals surface area contributed by atoms with E-state index in [-0.39, 0.29) is 6.54 Å². The van der Waals surface area contributed by atoms with Crippen LogP contribution in [0.1, 0.15) is 19.0 Å². The van der Waals surface area contributed by atoms with E-state index in [1.165, 1.54) is 4.90 Å². The number of nitrogens with zero attached hydrogens (tertiary/aromatic N) is 3. The summed E-state index contributed by atoms with van der Waals surface area (Å²) in [4.78, 5) is 9.82. The van der Waals surface area contributed by atoms with Crippen molar-refractivity contribution in [2.24, 2.45) is 0 Å². The average Bonchev–Trinajstić information content (AvgIpc) is 2.24. The van der Waals surface area contributed by atoms with Crippen LogP contribution in [0.2, 0.25) is 0 Å². The molecule has 0 radical (unpaired) electrons. The standard InChI is InChI=1S/C11H18F2N4/c1-4-5-14-11-15-8(2)6-10(16-11)17(3)7-9(12)13/h6,9H,4-5,7H2,1-3H3,(H,14,15,16). The Kier molecular flexibility index (Phi) is 5.06. The summed E-state index contributed by atoms with van der Waals surface area (Å²) in [5.74, 6) is 0.999. The van der Waals surface area contributed by atoms with Crippen LogP contribution in [0.15, 0.2) is 6.07 Å². The fourth-order valence-electron chi connectivity index (χ4n) is 1.36. The molecule has 17 heavy (non-hydrogen) atoms. The van der Waals surface area contributed by atoms with Gasteiger partial charge in [-0.2, -0.15) is 4.98 Å². The summed E-state index contributed by atoms with van der Waals surface area (Å²) >= 11 is 0. The van der Waals surface area contributed by atoms with Crippen molar-refractivity contribution >= 4 is 11.8 Å². The highest BCUT2D eigenvalue weighted by atomic mass is 19.3. The molecule has 0 aliphatic heterocycles. The molecule has 6 heteroatoms. The minimum Gasteiger partial charge on any atom is -0.354 e. The molecule has 0 aliphatic rings. The van der Waals surface area contributed by atoms with Crippen molar-refractivity contribution in [3.8, 4) is 0 Å². The van der Waals surface area contributed by atoms with E-state index in [2.05, 4.69) is 15.3 Å². The summed E-state index contributed by atoms with van der Waals surface area (Å²) in [6.07, 6.45) is -1.42. The van der Waals surface area contributed by atoms with Gasteiger partial charge >= 0.3 is 0 Å². The minimum absolute atomic E-state index is 0.330. The van der Waals surface area contributed by atoms with E-state index in [0.717, 1.165) is 18.7 Å². The number of halogens is 2. The molecule has 0 aromatic carbocycles. The number of hydrogen-bond donors (Lipinski definition) is 1. The molecule has 1 aromatic heterocycles. The number of rotatable bonds is 6. The number of nitrogens with one attached hydrogen (secondary N) is 1. The summed E-state index contributed by atoms with van der Waals surface area (Å²) in [6.45, 7) is 4.29. The Morgan fingerprint density at radius 1 is 1.41 bits per heavy atom. The van der Waals surface area contributed by atoms with E-state index >= 15 is 0 Å². The molecule has 1 aromatic rings. The largest absolute Gasteiger partial charge is 0.354 e. The average molecular weight is 244 g/mol. The lowest BCUT2D eigenvalue weighted by Gasteiger charge is -2.18. The third kappa shape index (κ3) is 4.50. The fourth-order valence-corrected chi connectivity index (χ4v) is 1.36. The number of alkyl halides is 2. The second kappa shape index (κ2) is 6.32. The van der Waals surface area contributed by atoms with E-state index in [0.29, 0.717) is 11.8 Å². The normalized spacial score (nSPS) is 10.7. The van der Waals surface area contributed by atoms with Crippen LogP contribution in [0.4, 0.5) is 20.5 Å². The van der Waals surface area contributed by atoms with Gasteiger partial charge in [0.25, 0.3) is 6.43 Å². The third-order valence-electron chi connectivity index (χ3n) is 2.18. The monoisotopic (exact) mass is 244 g/mol. The first-order valence-electron chi connectivity index (χ1n) is 5.61. The second-order valence-electron chi connectivity index (χ2n) is 3.89. The lowest BCUT2D eigenvalue weighted by molar-refractivity contribution is 0.156. The molecule has 0 atom stereocenters. The summed E-state index contributed by atoms with van der Waals surface area (Å²) < 4.78 is 24.5. The maximum Gasteiger partial charge on any atom is 0.255 e. The molecular weight excluding hydrogens is 226 g/mol. The van der Waals surface area contributed by atoms with E-state index < -0.39 is 6.43 Å². The van der Waals surface area contributed by atoms with Gasteiger partial charge in [-0.25, -0.2) is 13.8 Å². The smallest absolute Gasteiger partial charge is 0.255 e. The van der Waals surface area contributed by atoms with Crippen LogP contribution in [0.25, 0.3) is 0 Å². The summed E-state index contributed by atoms with van der Waals surface area (Å²) in [7, 11) is 1.59. The van der Waals surface area contributed by atoms with Crippen molar-refractivity contribution in [1.29, 1.82) is 0 Å². The van der Waals surface area contributed by atoms with Crippen LogP contribution in [0, 0.1) is 6.92 Å². The van der Waals surface area contributed by atoms with Gasteiger partial charge in [0.1, 0.15) is 5.82 Å². The van der Waals surface area contributed by atoms with Gasteiger partial charge in [-0.3, -0.25) is 0 Å². The third-order valence-corrected chi connectivity index (χ3v) is 2.18. The molecule has 0 unspecified atom stereocenters. The van der Waals surface area contributed by atoms with Gasteiger partial charge in [-0.05, 0) is 13.3 Å². The van der Waals surface area contributed by atoms with Crippen LogP contribution in [0.3, 0.4) is 0 Å². The molecular formula is C11H18F2N4. The Hall–Kier alpha value is -1.46. The van der Waals surface area contributed by atoms with Crippen LogP contribution in [-0.4, -0.2) is 36.5 Å². The zero-order valence-electron chi connectivity index (χ0n) is 10.4. The lowest BCUT2D eigenvalue weighted by Crippen LogP contribution is -2.25. The maximum absolute atomic E-state index is 12.3. The van der Waals surface area contributed by atoms with Crippen LogP contribution >= 0.6 is 0 Å². The first kappa shape index (κ1) is 13.6. The summed E-state index contributed by atoms with van der Waals surface area (Å²) in [5, 5.41) is 3.05. The van der Waals surface area contributed by atoms with Gasteiger partial charge in [0.2, 0.25) is 5.95 Å². The van der Waals surface area contributed by atoms with Crippen molar-refractivity contribution in [2.45, 2.75) is 26.7 Å². The Morgan fingerprint density at radius 3 is 2.71 bits per heavy atom. The highest BCUT2D eigenvalue weighted by Crippen LogP contribution is 2.14. The number of aromatic nitrogens is 2. The van der Waals surface area contributed by atoms with E-state index in [1.54, 1.807) is 13.1 Å². The highest BCUT2D eigenvalue weighted by molar-refractivity contribution is 5.44. The molecule has 0 spiro atoms. The zero-order chi connectivity index (χ0) is 12.8. The Morgan fingerprint density at radius 2 is 2.12 bits per heavy atom. The van der Waals surface area contributed by atoms with Gasteiger partial charge in [0, 0.05) is 25.4 Å². The summed E-state index contributed by atoms with van der Waals surface area (Å²) in [6, 6.07) is 1.69. The van der Waals surface area contributed by atoms with E-state index in [9.17, 15) is 8.78 Å². The molecule has 0 fully saturated rings. The number of anilines is 2. The molecule has 0 saturated heterocycles. The van der Waals surface area contributed by atoms with Gasteiger partial charge < -0.3 is 10.2 Å². The van der Waals surface area contributed by atoms with Crippen molar-refractivity contribution in [3.63, 3.8) is 0 Å². The van der Waals surface area contributed by atoms with Crippen molar-refractivity contribution < 1.29 is 8.78 Å². The van der Waals surface area contributed by atoms with Crippen molar-refractivity contribution in [1.82, 2.24) is 9.97 Å². The highest BCUT2D eigenvalue weighted by Gasteiger charge is 2.11. The zero-order valence-corrected chi connectivity index (χ0v) is 10.4. The number of aryl methyl sites for hydroxylation is 1. The first-order valence-corrected chi connectivity index (χ1v) is 5.61. The molecule has 96 valence electrons. The first-order chi connectivity index (χ1) is 8.02. The molecule has 0 aliphatic carbocycles. The van der Waals surface area contributed by atoms with E-state index in [1.807, 2.05) is 13.8 Å². The summed E-state index contributed by atoms with van der Waals surface area (Å²) in [5.41, 5.74) is 0.759. The molecule has 1 N–H and O–H groups in total. The SMILES string of the molecule is CCCNc1nc(C)cc(N(C)CC(F)F)n1. The predicted octanol–water partition coefficient (Wildman–Crippen LogP) is 2.31. The van der Waals surface area contributed by atoms with Gasteiger partial charge in [0.05, 0.1) is 6.54 Å². The predicted molar refractivity (Wildman–Crippen MR) is 64.8 cm³/mol. The second-order valence-corrected chi connectivity index (χ2v) is 3.89. The van der Waals surface area contributed by atoms with Crippen molar-refractivity contribution in [3.05, 3.63) is 11.8 Å². The van der Waals surface area contributed by atoms with Crippen LogP contribution < -0.4 is 10.2 Å². The quantitative estimate of drug-likeness (QED) is 0.833.